The lowest BCUT2D eigenvalue weighted by molar-refractivity contribution is 0.0682. The smallest absolute Gasteiger partial charge is 0.0700 e. The van der Waals surface area contributed by atoms with E-state index in [9.17, 15) is 0 Å². The Kier molecular flexibility index (Phi) is 13.8. The molecule has 0 rings (SSSR count). The van der Waals surface area contributed by atoms with E-state index in [1.54, 1.807) is 14.2 Å². The van der Waals surface area contributed by atoms with Gasteiger partial charge >= 0.3 is 0 Å². The maximum atomic E-state index is 5.41. The highest BCUT2D eigenvalue weighted by atomic mass is 16.5. The molecule has 0 radical (unpaired) electrons. The molecular formula is C13H29NO3. The van der Waals surface area contributed by atoms with Gasteiger partial charge in [0.15, 0.2) is 0 Å². The molecule has 4 heteroatoms. The van der Waals surface area contributed by atoms with Gasteiger partial charge < -0.3 is 19.5 Å². The SMILES string of the molecule is COCCNCC(C)CCCCOCCOC. The van der Waals surface area contributed by atoms with Crippen molar-refractivity contribution in [1.29, 1.82) is 0 Å². The number of nitrogens with one attached hydrogen (secondary N) is 1. The molecule has 0 aromatic rings. The number of hydrogen-bond donors (Lipinski definition) is 1. The van der Waals surface area contributed by atoms with E-state index in [0.717, 1.165) is 38.6 Å². The van der Waals surface area contributed by atoms with Crippen molar-refractivity contribution in [2.24, 2.45) is 5.92 Å². The highest BCUT2D eigenvalue weighted by Crippen LogP contribution is 2.06. The summed E-state index contributed by atoms with van der Waals surface area (Å²) in [6, 6.07) is 0. The van der Waals surface area contributed by atoms with Gasteiger partial charge in [-0.15, -0.1) is 0 Å². The summed E-state index contributed by atoms with van der Waals surface area (Å²) in [7, 11) is 3.43. The lowest BCUT2D eigenvalue weighted by Gasteiger charge is -2.12. The normalized spacial score (nSPS) is 12.9. The second kappa shape index (κ2) is 13.9. The van der Waals surface area contributed by atoms with E-state index in [4.69, 9.17) is 14.2 Å². The molecule has 0 aliphatic carbocycles. The van der Waals surface area contributed by atoms with Crippen LogP contribution in [-0.2, 0) is 14.2 Å². The summed E-state index contributed by atoms with van der Waals surface area (Å²) in [6.45, 7) is 7.36. The van der Waals surface area contributed by atoms with Gasteiger partial charge in [-0.05, 0) is 25.3 Å². The summed E-state index contributed by atoms with van der Waals surface area (Å²) >= 11 is 0. The van der Waals surface area contributed by atoms with Crippen LogP contribution in [0.5, 0.6) is 0 Å². The minimum atomic E-state index is 0.694. The minimum Gasteiger partial charge on any atom is -0.383 e. The molecule has 0 aliphatic heterocycles. The number of rotatable bonds is 13. The van der Waals surface area contributed by atoms with Crippen molar-refractivity contribution in [2.75, 3.05) is 53.7 Å². The van der Waals surface area contributed by atoms with E-state index in [0.29, 0.717) is 13.2 Å². The summed E-state index contributed by atoms with van der Waals surface area (Å²) in [6.07, 6.45) is 3.64. The van der Waals surface area contributed by atoms with Crippen LogP contribution in [0.2, 0.25) is 0 Å². The average molecular weight is 247 g/mol. The average Bonchev–Trinajstić information content (AvgIpc) is 2.33. The maximum Gasteiger partial charge on any atom is 0.0700 e. The first-order valence-electron chi connectivity index (χ1n) is 6.57. The number of unbranched alkanes of at least 4 members (excludes halogenated alkanes) is 1. The van der Waals surface area contributed by atoms with Crippen LogP contribution >= 0.6 is 0 Å². The third-order valence-corrected chi connectivity index (χ3v) is 2.64. The molecule has 0 aliphatic rings. The predicted molar refractivity (Wildman–Crippen MR) is 70.5 cm³/mol. The monoisotopic (exact) mass is 247 g/mol. The van der Waals surface area contributed by atoms with Crippen molar-refractivity contribution < 1.29 is 14.2 Å². The number of ether oxygens (including phenoxy) is 3. The van der Waals surface area contributed by atoms with Crippen molar-refractivity contribution in [3.8, 4) is 0 Å². The van der Waals surface area contributed by atoms with Crippen molar-refractivity contribution in [2.45, 2.75) is 26.2 Å². The molecule has 0 amide bonds. The molecule has 0 heterocycles. The molecule has 0 saturated carbocycles. The number of methoxy groups -OCH3 is 2. The molecule has 0 bridgehead atoms. The first-order chi connectivity index (χ1) is 8.31. The summed E-state index contributed by atoms with van der Waals surface area (Å²) in [5.74, 6) is 0.728. The van der Waals surface area contributed by atoms with Crippen LogP contribution < -0.4 is 5.32 Å². The molecule has 0 aromatic heterocycles. The van der Waals surface area contributed by atoms with Crippen LogP contribution in [-0.4, -0.2) is 53.7 Å². The zero-order valence-electron chi connectivity index (χ0n) is 11.7. The van der Waals surface area contributed by atoms with Crippen LogP contribution in [0.15, 0.2) is 0 Å². The maximum absolute atomic E-state index is 5.41. The van der Waals surface area contributed by atoms with Gasteiger partial charge in [0.05, 0.1) is 19.8 Å². The Morgan fingerprint density at radius 1 is 0.941 bits per heavy atom. The fourth-order valence-corrected chi connectivity index (χ4v) is 1.57. The van der Waals surface area contributed by atoms with Gasteiger partial charge in [-0.1, -0.05) is 13.3 Å². The molecule has 0 saturated heterocycles. The predicted octanol–water partition coefficient (Wildman–Crippen LogP) is 1.69. The minimum absolute atomic E-state index is 0.694. The Morgan fingerprint density at radius 3 is 2.41 bits per heavy atom. The Bertz CT molecular complexity index is 145. The summed E-state index contributed by atoms with van der Waals surface area (Å²) in [4.78, 5) is 0. The van der Waals surface area contributed by atoms with Crippen molar-refractivity contribution >= 4 is 0 Å². The second-order valence-corrected chi connectivity index (χ2v) is 4.40. The highest BCUT2D eigenvalue weighted by Gasteiger charge is 2.01. The molecule has 104 valence electrons. The lowest BCUT2D eigenvalue weighted by atomic mass is 10.0. The van der Waals surface area contributed by atoms with Crippen LogP contribution in [0.4, 0.5) is 0 Å². The quantitative estimate of drug-likeness (QED) is 0.503. The molecular weight excluding hydrogens is 218 g/mol. The highest BCUT2D eigenvalue weighted by molar-refractivity contribution is 4.57. The molecule has 0 spiro atoms. The Labute approximate surface area is 106 Å². The zero-order valence-corrected chi connectivity index (χ0v) is 11.7. The van der Waals surface area contributed by atoms with Gasteiger partial charge in [0.25, 0.3) is 0 Å². The Morgan fingerprint density at radius 2 is 1.71 bits per heavy atom. The van der Waals surface area contributed by atoms with Gasteiger partial charge in [0.2, 0.25) is 0 Å². The number of hydrogen-bond acceptors (Lipinski definition) is 4. The third kappa shape index (κ3) is 13.8. The van der Waals surface area contributed by atoms with Crippen molar-refractivity contribution in [1.82, 2.24) is 5.32 Å². The molecule has 4 nitrogen and oxygen atoms in total. The van der Waals surface area contributed by atoms with Crippen LogP contribution in [0.1, 0.15) is 26.2 Å². The van der Waals surface area contributed by atoms with E-state index in [1.165, 1.54) is 12.8 Å². The largest absolute Gasteiger partial charge is 0.383 e. The molecule has 0 aromatic carbocycles. The first-order valence-corrected chi connectivity index (χ1v) is 6.57. The van der Waals surface area contributed by atoms with Crippen molar-refractivity contribution in [3.05, 3.63) is 0 Å². The zero-order chi connectivity index (χ0) is 12.8. The van der Waals surface area contributed by atoms with Gasteiger partial charge in [-0.3, -0.25) is 0 Å². The molecule has 1 atom stereocenters. The summed E-state index contributed by atoms with van der Waals surface area (Å²) in [5, 5.41) is 3.38. The second-order valence-electron chi connectivity index (χ2n) is 4.40. The Balaban J connectivity index is 3.08. The molecule has 1 unspecified atom stereocenters. The fraction of sp³-hybridized carbons (Fsp3) is 1.00. The van der Waals surface area contributed by atoms with E-state index in [-0.39, 0.29) is 0 Å². The van der Waals surface area contributed by atoms with Crippen molar-refractivity contribution in [3.63, 3.8) is 0 Å². The fourth-order valence-electron chi connectivity index (χ4n) is 1.57. The standard InChI is InChI=1S/C13H29NO3/c1-13(12-14-7-9-15-2)6-4-5-8-17-11-10-16-3/h13-14H,4-12H2,1-3H3. The van der Waals surface area contributed by atoms with E-state index >= 15 is 0 Å². The van der Waals surface area contributed by atoms with E-state index in [1.807, 2.05) is 0 Å². The van der Waals surface area contributed by atoms with E-state index in [2.05, 4.69) is 12.2 Å². The van der Waals surface area contributed by atoms with Gasteiger partial charge in [0, 0.05) is 27.4 Å². The van der Waals surface area contributed by atoms with Gasteiger partial charge in [0.1, 0.15) is 0 Å². The summed E-state index contributed by atoms with van der Waals surface area (Å²) < 4.78 is 15.3. The third-order valence-electron chi connectivity index (χ3n) is 2.64. The topological polar surface area (TPSA) is 39.7 Å². The summed E-state index contributed by atoms with van der Waals surface area (Å²) in [5.41, 5.74) is 0. The Hall–Kier alpha value is -0.160. The first kappa shape index (κ1) is 16.8. The van der Waals surface area contributed by atoms with Crippen LogP contribution in [0, 0.1) is 5.92 Å². The molecule has 0 fully saturated rings. The molecule has 1 N–H and O–H groups in total. The van der Waals surface area contributed by atoms with Gasteiger partial charge in [-0.25, -0.2) is 0 Å². The lowest BCUT2D eigenvalue weighted by Crippen LogP contribution is -2.24. The van der Waals surface area contributed by atoms with Gasteiger partial charge in [-0.2, -0.15) is 0 Å². The molecule has 17 heavy (non-hydrogen) atoms. The van der Waals surface area contributed by atoms with Crippen LogP contribution in [0.25, 0.3) is 0 Å². The van der Waals surface area contributed by atoms with E-state index < -0.39 is 0 Å². The van der Waals surface area contributed by atoms with Crippen LogP contribution in [0.3, 0.4) is 0 Å².